The van der Waals surface area contributed by atoms with Gasteiger partial charge in [-0.2, -0.15) is 0 Å². The van der Waals surface area contributed by atoms with Gasteiger partial charge in [0, 0.05) is 55.3 Å². The number of carbonyl (C=O) groups is 2. The first-order chi connectivity index (χ1) is 36.7. The fraction of sp³-hybridized carbons (Fsp3) is 0.905. The van der Waals surface area contributed by atoms with Crippen LogP contribution < -0.4 is 4.89 Å². The lowest BCUT2D eigenvalue weighted by atomic mass is 10.0. The highest BCUT2D eigenvalue weighted by Gasteiger charge is 2.21. The molecule has 0 heterocycles. The summed E-state index contributed by atoms with van der Waals surface area (Å²) in [6.07, 6.45) is -55.7. The molecule has 0 aliphatic carbocycles. The summed E-state index contributed by atoms with van der Waals surface area (Å²) in [5.41, 5.74) is 0. The molecular formula is C42H82NO8P. The molecule has 0 saturated heterocycles. The summed E-state index contributed by atoms with van der Waals surface area (Å²) in [5, 5.41) is 0. The van der Waals surface area contributed by atoms with E-state index in [-0.39, 0.29) is 23.9 Å². The van der Waals surface area contributed by atoms with E-state index in [2.05, 4.69) is 19.1 Å². The van der Waals surface area contributed by atoms with Gasteiger partial charge < -0.3 is 27.9 Å². The number of allylic oxidation sites excluding steroid dienone is 2. The maximum atomic E-state index is 13.5. The van der Waals surface area contributed by atoms with Gasteiger partial charge in [-0.15, -0.1) is 0 Å². The van der Waals surface area contributed by atoms with Crippen molar-refractivity contribution in [3.8, 4) is 0 Å². The van der Waals surface area contributed by atoms with Crippen molar-refractivity contribution in [3.05, 3.63) is 12.2 Å². The van der Waals surface area contributed by atoms with Crippen LogP contribution in [0.2, 0.25) is 0 Å². The Morgan fingerprint density at radius 2 is 1.23 bits per heavy atom. The van der Waals surface area contributed by atoms with Crippen LogP contribution in [-0.4, -0.2) is 70.0 Å². The fourth-order valence-corrected chi connectivity index (χ4v) is 4.70. The Labute approximate surface area is 364 Å². The third-order valence-corrected chi connectivity index (χ3v) is 7.65. The second-order valence-corrected chi connectivity index (χ2v) is 13.8. The molecule has 0 radical (unpaired) electrons. The number of phosphoric acid groups is 1. The van der Waals surface area contributed by atoms with Crippen LogP contribution in [0.5, 0.6) is 0 Å². The number of ether oxygens (including phenoxy) is 2. The van der Waals surface area contributed by atoms with Crippen molar-refractivity contribution in [1.82, 2.24) is 0 Å². The van der Waals surface area contributed by atoms with Crippen molar-refractivity contribution in [3.63, 3.8) is 0 Å². The molecule has 1 unspecified atom stereocenters. The number of hydrogen-bond donors (Lipinski definition) is 0. The standard InChI is InChI=1S/C42H82NO8P/c1-6-8-10-12-14-16-18-20-21-23-25-27-29-31-33-35-42(45)51-40(39-50-52(46,47)49-37-36-43(3,4)5)38-48-41(44)34-32-30-28-26-24-22-19-17-15-13-11-9-7-2/h20-21,40H,6-19,22-39H2,1-5H3/b21-20-/t40-/m1/s1/i2D3,7D2,9D2,11D2,13D2,15D2,17D2,19D2,22D2,24D2,26D2,28D2,30D2,32D2,34D2. The van der Waals surface area contributed by atoms with E-state index in [0.717, 1.165) is 32.1 Å². The maximum absolute atomic E-state index is 13.5. The van der Waals surface area contributed by atoms with Gasteiger partial charge in [0.2, 0.25) is 0 Å². The summed E-state index contributed by atoms with van der Waals surface area (Å²) >= 11 is 0. The van der Waals surface area contributed by atoms with Crippen molar-refractivity contribution < 1.29 is 84.5 Å². The van der Waals surface area contributed by atoms with Gasteiger partial charge in [-0.3, -0.25) is 14.2 Å². The molecule has 52 heavy (non-hydrogen) atoms. The molecule has 0 saturated carbocycles. The second kappa shape index (κ2) is 35.5. The van der Waals surface area contributed by atoms with Gasteiger partial charge in [0.1, 0.15) is 19.8 Å². The number of rotatable bonds is 39. The monoisotopic (exact) mass is 791 g/mol. The highest BCUT2D eigenvalue weighted by molar-refractivity contribution is 7.45. The van der Waals surface area contributed by atoms with E-state index in [1.54, 1.807) is 21.1 Å². The first-order valence-electron chi connectivity index (χ1n) is 33.1. The van der Waals surface area contributed by atoms with Crippen molar-refractivity contribution in [2.45, 2.75) is 199 Å². The molecule has 0 bridgehead atoms. The largest absolute Gasteiger partial charge is 0.756 e. The van der Waals surface area contributed by atoms with E-state index in [1.807, 2.05) is 0 Å². The molecule has 0 aliphatic rings. The first-order valence-corrected chi connectivity index (χ1v) is 19.0. The molecule has 0 amide bonds. The number of likely N-dealkylation sites (N-methyl/N-ethyl adjacent to an activating group) is 1. The van der Waals surface area contributed by atoms with Crippen LogP contribution in [0, 0.1) is 0 Å². The van der Waals surface area contributed by atoms with E-state index in [1.165, 1.54) is 32.1 Å². The Hall–Kier alpha value is -1.25. The quantitative estimate of drug-likeness (QED) is 0.0199. The molecule has 0 N–H and O–H groups in total. The minimum absolute atomic E-state index is 0.138. The first kappa shape index (κ1) is 19.3. The molecule has 0 fully saturated rings. The van der Waals surface area contributed by atoms with Crippen LogP contribution in [0.4, 0.5) is 0 Å². The zero-order valence-electron chi connectivity index (χ0n) is 62.1. The van der Waals surface area contributed by atoms with Crippen molar-refractivity contribution in [1.29, 1.82) is 0 Å². The summed E-state index contributed by atoms with van der Waals surface area (Å²) in [6.45, 7) is -4.86. The molecule has 0 rings (SSSR count). The number of quaternary nitrogens is 1. The van der Waals surface area contributed by atoms with Crippen LogP contribution >= 0.6 is 7.82 Å². The molecule has 10 heteroatoms. The van der Waals surface area contributed by atoms with Gasteiger partial charge in [0.15, 0.2) is 6.10 Å². The van der Waals surface area contributed by atoms with Crippen molar-refractivity contribution in [2.75, 3.05) is 47.5 Å². The molecular weight excluding hydrogens is 677 g/mol. The minimum atomic E-state index is -5.24. The number of carbonyl (C=O) groups excluding carboxylic acids is 2. The van der Waals surface area contributed by atoms with E-state index < -0.39 is 142 Å². The number of nitrogens with zero attached hydrogens (tertiary/aromatic N) is 1. The van der Waals surface area contributed by atoms with E-state index in [9.17, 15) is 19.0 Å². The average molecular weight is 791 g/mol. The van der Waals surface area contributed by atoms with Crippen molar-refractivity contribution >= 4 is 19.8 Å². The SMILES string of the molecule is [2H]C([2H])([2H])C([2H])([2H])C([2H])([2H])C([2H])([2H])C([2H])([2H])C([2H])([2H])C([2H])([2H])C([2H])([2H])C([2H])([2H])C([2H])([2H])C([2H])([2H])C([2H])([2H])C([2H])([2H])C([2H])([2H])C([2H])([2H])C(=O)OC[C@H](COP(=O)([O-])OCC[N+](C)(C)C)OC(=O)CCCCCCC/C=C\CCCCCCCC. The molecule has 308 valence electrons. The molecule has 0 aromatic heterocycles. The van der Waals surface area contributed by atoms with Crippen LogP contribution in [0.1, 0.15) is 235 Å². The molecule has 0 aliphatic heterocycles. The summed E-state index contributed by atoms with van der Waals surface area (Å²) in [7, 11) is -0.124. The molecule has 0 spiro atoms. The van der Waals surface area contributed by atoms with Gasteiger partial charge >= 0.3 is 11.9 Å². The van der Waals surface area contributed by atoms with Crippen LogP contribution in [0.3, 0.4) is 0 Å². The third-order valence-electron chi connectivity index (χ3n) is 6.69. The molecule has 0 aromatic carbocycles. The topological polar surface area (TPSA) is 111 Å². The molecule has 9 nitrogen and oxygen atoms in total. The van der Waals surface area contributed by atoms with Crippen LogP contribution in [0.25, 0.3) is 0 Å². The molecule has 0 aromatic rings. The number of hydrogen-bond acceptors (Lipinski definition) is 8. The Kier molecular flexibility index (Phi) is 13.1. The summed E-state index contributed by atoms with van der Waals surface area (Å²) in [4.78, 5) is 39.1. The van der Waals surface area contributed by atoms with Crippen molar-refractivity contribution in [2.24, 2.45) is 0 Å². The average Bonchev–Trinajstić information content (AvgIpc) is 3.31. The smallest absolute Gasteiger partial charge is 0.306 e. The van der Waals surface area contributed by atoms with Gasteiger partial charge in [0.05, 0.1) is 27.7 Å². The predicted octanol–water partition coefficient (Wildman–Crippen LogP) is 11.2. The predicted molar refractivity (Wildman–Crippen MR) is 213 cm³/mol. The highest BCUT2D eigenvalue weighted by Crippen LogP contribution is 2.38. The maximum Gasteiger partial charge on any atom is 0.306 e. The zero-order chi connectivity index (χ0) is 66.2. The zero-order valence-corrected chi connectivity index (χ0v) is 32.0. The van der Waals surface area contributed by atoms with Crippen LogP contribution in [-0.2, 0) is 32.7 Å². The fourth-order valence-electron chi connectivity index (χ4n) is 3.97. The highest BCUT2D eigenvalue weighted by atomic mass is 31.2. The Bertz CT molecular complexity index is 2170. The van der Waals surface area contributed by atoms with Crippen LogP contribution in [0.15, 0.2) is 12.2 Å². The minimum Gasteiger partial charge on any atom is -0.756 e. The Balaban J connectivity index is 6.84. The number of unbranched alkanes of at least 4 members (excludes halogenated alkanes) is 11. The Morgan fingerprint density at radius 1 is 0.712 bits per heavy atom. The molecule has 2 atom stereocenters. The van der Waals surface area contributed by atoms with E-state index in [4.69, 9.17) is 61.0 Å². The second-order valence-electron chi connectivity index (χ2n) is 12.4. The lowest BCUT2D eigenvalue weighted by Crippen LogP contribution is -2.37. The summed E-state index contributed by atoms with van der Waals surface area (Å²) in [6, 6.07) is 0. The van der Waals surface area contributed by atoms with E-state index in [0.29, 0.717) is 12.8 Å². The summed E-state index contributed by atoms with van der Waals surface area (Å²) < 4.78 is 287. The Morgan fingerprint density at radius 3 is 1.79 bits per heavy atom. The van der Waals surface area contributed by atoms with E-state index >= 15 is 0 Å². The van der Waals surface area contributed by atoms with Gasteiger partial charge in [-0.05, 0) is 38.5 Å². The lowest BCUT2D eigenvalue weighted by Gasteiger charge is -2.28. The lowest BCUT2D eigenvalue weighted by molar-refractivity contribution is -0.870. The van der Waals surface area contributed by atoms with Gasteiger partial charge in [-0.1, -0.05) is 154 Å². The van der Waals surface area contributed by atoms with Gasteiger partial charge in [0.25, 0.3) is 7.82 Å². The summed E-state index contributed by atoms with van der Waals surface area (Å²) in [5.74, 6) is -3.52. The number of esters is 2. The number of phosphoric ester groups is 1. The normalized spacial score (nSPS) is 26.7. The third kappa shape index (κ3) is 38.5. The van der Waals surface area contributed by atoms with Gasteiger partial charge in [-0.25, -0.2) is 0 Å².